The van der Waals surface area contributed by atoms with Crippen LogP contribution in [-0.2, 0) is 9.59 Å². The van der Waals surface area contributed by atoms with E-state index in [9.17, 15) is 9.59 Å². The highest BCUT2D eigenvalue weighted by atomic mass is 16.4. The lowest BCUT2D eigenvalue weighted by Gasteiger charge is -2.03. The molecule has 7 nitrogen and oxygen atoms in total. The fourth-order valence-corrected chi connectivity index (χ4v) is 0.356. The number of rotatable bonds is 3. The molecule has 1 unspecified atom stereocenters. The lowest BCUT2D eigenvalue weighted by Crippen LogP contribution is -2.24. The molecule has 0 aromatic rings. The summed E-state index contributed by atoms with van der Waals surface area (Å²) in [6, 6.07) is 0. The second kappa shape index (κ2) is 3.58. The van der Waals surface area contributed by atoms with E-state index < -0.39 is 29.6 Å². The fourth-order valence-electron chi connectivity index (χ4n) is 0.356. The largest absolute Gasteiger partial charge is 0.505 e. The number of aliphatic carboxylic acids is 2. The molecule has 0 saturated heterocycles. The highest BCUT2D eigenvalue weighted by molar-refractivity contribution is 5.86. The van der Waals surface area contributed by atoms with Crippen molar-refractivity contribution in [2.45, 2.75) is 6.10 Å². The fraction of sp³-hybridized carbons (Fsp3) is 0.200. The van der Waals surface area contributed by atoms with Crippen molar-refractivity contribution in [3.8, 4) is 0 Å². The molecule has 0 aromatic carbocycles. The first-order valence-corrected chi connectivity index (χ1v) is 2.64. The van der Waals surface area contributed by atoms with Gasteiger partial charge in [0.25, 0.3) is 0 Å². The third-order valence-corrected chi connectivity index (χ3v) is 0.938. The summed E-state index contributed by atoms with van der Waals surface area (Å²) in [7, 11) is 0. The van der Waals surface area contributed by atoms with Gasteiger partial charge in [0.15, 0.2) is 5.76 Å². The number of hydrogen-bond acceptors (Lipinski definition) is 5. The molecule has 0 aromatic heterocycles. The van der Waals surface area contributed by atoms with Crippen LogP contribution >= 0.6 is 0 Å². The molecule has 1 atom stereocenters. The molecule has 0 fully saturated rings. The van der Waals surface area contributed by atoms with Crippen LogP contribution < -0.4 is 0 Å². The van der Waals surface area contributed by atoms with Crippen LogP contribution in [0.15, 0.2) is 11.5 Å². The lowest BCUT2D eigenvalue weighted by atomic mass is 10.2. The average Bonchev–Trinajstić information content (AvgIpc) is 2.00. The first-order valence-electron chi connectivity index (χ1n) is 2.64. The van der Waals surface area contributed by atoms with E-state index >= 15 is 0 Å². The zero-order valence-corrected chi connectivity index (χ0v) is 5.63. The molecule has 0 rings (SSSR count). The van der Waals surface area contributed by atoms with Crippen LogP contribution in [0.4, 0.5) is 0 Å². The van der Waals surface area contributed by atoms with Gasteiger partial charge in [0, 0.05) is 0 Å². The predicted octanol–water partition coefficient (Wildman–Crippen LogP) is -1.16. The minimum atomic E-state index is -2.43. The lowest BCUT2D eigenvalue weighted by molar-refractivity contribution is -0.146. The van der Waals surface area contributed by atoms with Gasteiger partial charge >= 0.3 is 11.9 Å². The van der Waals surface area contributed by atoms with Gasteiger partial charge in [-0.15, -0.1) is 0 Å². The Labute approximate surface area is 65.8 Å². The Morgan fingerprint density at radius 1 is 1.00 bits per heavy atom. The molecule has 12 heavy (non-hydrogen) atoms. The van der Waals surface area contributed by atoms with Crippen molar-refractivity contribution >= 4 is 11.9 Å². The molecule has 0 spiro atoms. The normalized spacial score (nSPS) is 14.8. The quantitative estimate of drug-likeness (QED) is 0.271. The molecule has 5 N–H and O–H groups in total. The van der Waals surface area contributed by atoms with Crippen molar-refractivity contribution in [2.75, 3.05) is 0 Å². The third-order valence-electron chi connectivity index (χ3n) is 0.938. The summed E-state index contributed by atoms with van der Waals surface area (Å²) in [4.78, 5) is 19.8. The molecular weight excluding hydrogens is 172 g/mol. The maximum Gasteiger partial charge on any atom is 0.374 e. The molecular formula is C5H6O7. The summed E-state index contributed by atoms with van der Waals surface area (Å²) in [5.41, 5.74) is 0. The number of carboxylic acids is 2. The molecule has 68 valence electrons. The number of hydrogen-bond donors (Lipinski definition) is 5. The van der Waals surface area contributed by atoms with Crippen LogP contribution in [0.3, 0.4) is 0 Å². The summed E-state index contributed by atoms with van der Waals surface area (Å²) in [5, 5.41) is 41.5. The molecule has 0 amide bonds. The number of aliphatic hydroxyl groups is 3. The molecule has 0 heterocycles. The average molecular weight is 178 g/mol. The van der Waals surface area contributed by atoms with E-state index in [1.54, 1.807) is 0 Å². The van der Waals surface area contributed by atoms with E-state index in [2.05, 4.69) is 0 Å². The summed E-state index contributed by atoms with van der Waals surface area (Å²) in [5.74, 6) is -6.88. The van der Waals surface area contributed by atoms with Crippen LogP contribution in [-0.4, -0.2) is 43.6 Å². The maximum atomic E-state index is 9.92. The van der Waals surface area contributed by atoms with Crippen LogP contribution in [0.5, 0.6) is 0 Å². The Morgan fingerprint density at radius 3 is 1.67 bits per heavy atom. The summed E-state index contributed by atoms with van der Waals surface area (Å²) >= 11 is 0. The van der Waals surface area contributed by atoms with Crippen molar-refractivity contribution in [2.24, 2.45) is 0 Å². The Hall–Kier alpha value is -1.76. The van der Waals surface area contributed by atoms with Gasteiger partial charge in [-0.2, -0.15) is 0 Å². The zero-order valence-electron chi connectivity index (χ0n) is 5.63. The van der Waals surface area contributed by atoms with Crippen LogP contribution in [0, 0.1) is 0 Å². The van der Waals surface area contributed by atoms with Crippen molar-refractivity contribution in [1.29, 1.82) is 0 Å². The number of carboxylic acid groups (broad SMARTS) is 2. The molecule has 0 bridgehead atoms. The number of aliphatic hydroxyl groups excluding tert-OH is 3. The molecule has 0 aliphatic heterocycles. The summed E-state index contributed by atoms with van der Waals surface area (Å²) < 4.78 is 0. The van der Waals surface area contributed by atoms with E-state index in [4.69, 9.17) is 25.5 Å². The topological polar surface area (TPSA) is 135 Å². The first kappa shape index (κ1) is 10.2. The molecule has 0 saturated carbocycles. The second-order valence-electron chi connectivity index (χ2n) is 1.78. The number of carbonyl (C=O) groups is 2. The monoisotopic (exact) mass is 178 g/mol. The standard InChI is InChI=1S/C5H6O7/c6-1(2(7)4(9)10)3(8)5(11)12/h2,6-8H,(H,9,10)(H,11,12)/b3-1+. The van der Waals surface area contributed by atoms with Gasteiger partial charge < -0.3 is 25.5 Å². The van der Waals surface area contributed by atoms with E-state index in [0.717, 1.165) is 0 Å². The van der Waals surface area contributed by atoms with E-state index in [-0.39, 0.29) is 0 Å². The summed E-state index contributed by atoms with van der Waals surface area (Å²) in [6.45, 7) is 0. The zero-order chi connectivity index (χ0) is 9.89. The SMILES string of the molecule is O=C(O)/C(O)=C(\O)C(O)C(=O)O. The second-order valence-corrected chi connectivity index (χ2v) is 1.78. The minimum Gasteiger partial charge on any atom is -0.505 e. The predicted molar refractivity (Wildman–Crippen MR) is 33.6 cm³/mol. The Kier molecular flexibility index (Phi) is 3.05. The van der Waals surface area contributed by atoms with Gasteiger partial charge in [-0.05, 0) is 0 Å². The van der Waals surface area contributed by atoms with Crippen LogP contribution in [0.1, 0.15) is 0 Å². The first-order chi connectivity index (χ1) is 5.37. The smallest absolute Gasteiger partial charge is 0.374 e. The van der Waals surface area contributed by atoms with Crippen molar-refractivity contribution in [3.63, 3.8) is 0 Å². The van der Waals surface area contributed by atoms with Crippen molar-refractivity contribution in [3.05, 3.63) is 11.5 Å². The van der Waals surface area contributed by atoms with E-state index in [0.29, 0.717) is 0 Å². The highest BCUT2D eigenvalue weighted by Crippen LogP contribution is 2.03. The molecule has 7 heteroatoms. The molecule has 0 aliphatic rings. The Morgan fingerprint density at radius 2 is 1.42 bits per heavy atom. The van der Waals surface area contributed by atoms with E-state index in [1.807, 2.05) is 0 Å². The van der Waals surface area contributed by atoms with Crippen LogP contribution in [0.25, 0.3) is 0 Å². The van der Waals surface area contributed by atoms with E-state index in [1.165, 1.54) is 0 Å². The molecule has 0 aliphatic carbocycles. The van der Waals surface area contributed by atoms with Gasteiger partial charge in [-0.3, -0.25) is 0 Å². The minimum absolute atomic E-state index is 1.50. The van der Waals surface area contributed by atoms with Crippen molar-refractivity contribution < 1.29 is 35.1 Å². The van der Waals surface area contributed by atoms with Crippen molar-refractivity contribution in [1.82, 2.24) is 0 Å². The Bertz CT molecular complexity index is 240. The third kappa shape index (κ3) is 2.13. The van der Waals surface area contributed by atoms with Gasteiger partial charge in [-0.25, -0.2) is 9.59 Å². The van der Waals surface area contributed by atoms with Gasteiger partial charge in [-0.1, -0.05) is 0 Å². The summed E-state index contributed by atoms with van der Waals surface area (Å²) in [6.07, 6.45) is -2.43. The highest BCUT2D eigenvalue weighted by Gasteiger charge is 2.25. The Balaban J connectivity index is 4.78. The van der Waals surface area contributed by atoms with Gasteiger partial charge in [0.2, 0.25) is 11.9 Å². The maximum absolute atomic E-state index is 9.92. The van der Waals surface area contributed by atoms with Gasteiger partial charge in [0.1, 0.15) is 0 Å². The van der Waals surface area contributed by atoms with Gasteiger partial charge in [0.05, 0.1) is 0 Å². The van der Waals surface area contributed by atoms with Crippen LogP contribution in [0.2, 0.25) is 0 Å². The molecule has 0 radical (unpaired) electrons.